The van der Waals surface area contributed by atoms with Gasteiger partial charge in [0, 0.05) is 50.3 Å². The molecule has 2 fully saturated rings. The number of methoxy groups -OCH3 is 1. The van der Waals surface area contributed by atoms with Crippen molar-refractivity contribution in [3.63, 3.8) is 0 Å². The monoisotopic (exact) mass is 398 g/mol. The second-order valence-corrected chi connectivity index (χ2v) is 8.21. The van der Waals surface area contributed by atoms with Gasteiger partial charge in [-0.2, -0.15) is 0 Å². The van der Waals surface area contributed by atoms with E-state index in [1.54, 1.807) is 30.5 Å². The fraction of sp³-hybridized carbons (Fsp3) is 0.476. The molecule has 2 saturated heterocycles. The number of nitrogens with zero attached hydrogens (tertiary/aromatic N) is 4. The third-order valence-electron chi connectivity index (χ3n) is 5.89. The van der Waals surface area contributed by atoms with E-state index in [2.05, 4.69) is 9.88 Å². The summed E-state index contributed by atoms with van der Waals surface area (Å²) in [5.74, 6) is 0.736. The van der Waals surface area contributed by atoms with Crippen LogP contribution in [0, 0.1) is 11.3 Å². The van der Waals surface area contributed by atoms with Crippen LogP contribution in [0.2, 0.25) is 0 Å². The maximum atomic E-state index is 13.2. The lowest BCUT2D eigenvalue weighted by molar-refractivity contribution is 0.0681. The smallest absolute Gasteiger partial charge is 0.289 e. The van der Waals surface area contributed by atoms with Crippen molar-refractivity contribution in [2.24, 2.45) is 11.3 Å². The fourth-order valence-corrected chi connectivity index (χ4v) is 4.79. The van der Waals surface area contributed by atoms with Crippen molar-refractivity contribution in [2.75, 3.05) is 53.9 Å². The Hall–Kier alpha value is -2.87. The molecule has 0 aromatic carbocycles. The minimum atomic E-state index is -0.170. The van der Waals surface area contributed by atoms with Crippen LogP contribution in [-0.2, 0) is 0 Å². The molecular formula is C21H26N4O4. The van der Waals surface area contributed by atoms with Gasteiger partial charge in [-0.3, -0.25) is 9.59 Å². The van der Waals surface area contributed by atoms with Crippen molar-refractivity contribution in [3.8, 4) is 5.88 Å². The summed E-state index contributed by atoms with van der Waals surface area (Å²) in [6.07, 6.45) is 3.13. The largest absolute Gasteiger partial charge is 0.480 e. The first-order valence-electron chi connectivity index (χ1n) is 9.69. The van der Waals surface area contributed by atoms with Gasteiger partial charge in [0.05, 0.1) is 13.4 Å². The third kappa shape index (κ3) is 3.48. The lowest BCUT2D eigenvalue weighted by Gasteiger charge is -2.32. The zero-order chi connectivity index (χ0) is 20.6. The molecule has 4 heterocycles. The van der Waals surface area contributed by atoms with E-state index in [-0.39, 0.29) is 23.1 Å². The minimum Gasteiger partial charge on any atom is -0.480 e. The first kappa shape index (κ1) is 19.4. The molecule has 0 unspecified atom stereocenters. The van der Waals surface area contributed by atoms with Gasteiger partial charge >= 0.3 is 0 Å². The van der Waals surface area contributed by atoms with Crippen molar-refractivity contribution in [1.29, 1.82) is 0 Å². The molecule has 0 aliphatic carbocycles. The van der Waals surface area contributed by atoms with Gasteiger partial charge in [0.2, 0.25) is 5.88 Å². The van der Waals surface area contributed by atoms with E-state index in [4.69, 9.17) is 9.15 Å². The van der Waals surface area contributed by atoms with E-state index in [0.29, 0.717) is 43.4 Å². The van der Waals surface area contributed by atoms with Gasteiger partial charge in [0.15, 0.2) is 5.76 Å². The molecule has 4 rings (SSSR count). The van der Waals surface area contributed by atoms with Crippen molar-refractivity contribution in [2.45, 2.75) is 0 Å². The number of hydrogen-bond donors (Lipinski definition) is 0. The summed E-state index contributed by atoms with van der Waals surface area (Å²) in [7, 11) is 5.57. The highest BCUT2D eigenvalue weighted by molar-refractivity contribution is 5.96. The molecule has 8 heteroatoms. The first-order valence-corrected chi connectivity index (χ1v) is 9.69. The van der Waals surface area contributed by atoms with Gasteiger partial charge < -0.3 is 23.9 Å². The number of furan rings is 1. The summed E-state index contributed by atoms with van der Waals surface area (Å²) in [4.78, 5) is 36.0. The second kappa shape index (κ2) is 7.51. The fourth-order valence-electron chi connectivity index (χ4n) is 4.79. The Balaban J connectivity index is 1.56. The van der Waals surface area contributed by atoms with Crippen molar-refractivity contribution >= 4 is 11.8 Å². The van der Waals surface area contributed by atoms with Crippen LogP contribution in [0.3, 0.4) is 0 Å². The summed E-state index contributed by atoms with van der Waals surface area (Å²) >= 11 is 0. The summed E-state index contributed by atoms with van der Waals surface area (Å²) in [6, 6.07) is 6.90. The van der Waals surface area contributed by atoms with Crippen LogP contribution in [-0.4, -0.2) is 85.4 Å². The maximum absolute atomic E-state index is 13.2. The number of carbonyl (C=O) groups is 2. The molecular weight excluding hydrogens is 372 g/mol. The zero-order valence-electron chi connectivity index (χ0n) is 17.0. The van der Waals surface area contributed by atoms with Gasteiger partial charge in [-0.1, -0.05) is 0 Å². The molecule has 154 valence electrons. The standard InChI is InChI=1S/C21H26N4O4/c1-23(2)12-21-13-24(19(26)16-6-4-8-22-18(16)28-3)10-15(21)11-25(14-21)20(27)17-7-5-9-29-17/h4-9,15H,10-14H2,1-3H3/t15-,21+/m0/s1. The molecule has 2 amide bonds. The van der Waals surface area contributed by atoms with Crippen LogP contribution in [0.1, 0.15) is 20.9 Å². The predicted octanol–water partition coefficient (Wildman–Crippen LogP) is 1.46. The van der Waals surface area contributed by atoms with Crippen molar-refractivity contribution < 1.29 is 18.7 Å². The second-order valence-electron chi connectivity index (χ2n) is 8.21. The molecule has 29 heavy (non-hydrogen) atoms. The normalized spacial score (nSPS) is 23.5. The van der Waals surface area contributed by atoms with E-state index in [1.807, 2.05) is 23.9 Å². The topological polar surface area (TPSA) is 79.1 Å². The Morgan fingerprint density at radius 1 is 1.21 bits per heavy atom. The van der Waals surface area contributed by atoms with E-state index in [9.17, 15) is 9.59 Å². The molecule has 0 N–H and O–H groups in total. The molecule has 0 saturated carbocycles. The number of pyridine rings is 1. The third-order valence-corrected chi connectivity index (χ3v) is 5.89. The number of fused-ring (bicyclic) bond motifs is 1. The lowest BCUT2D eigenvalue weighted by atomic mass is 9.80. The summed E-state index contributed by atoms with van der Waals surface area (Å²) < 4.78 is 10.6. The summed E-state index contributed by atoms with van der Waals surface area (Å²) in [5, 5.41) is 0. The van der Waals surface area contributed by atoms with E-state index in [0.717, 1.165) is 6.54 Å². The zero-order valence-corrected chi connectivity index (χ0v) is 17.0. The number of likely N-dealkylation sites (tertiary alicyclic amines) is 2. The van der Waals surface area contributed by atoms with Crippen LogP contribution in [0.15, 0.2) is 41.1 Å². The minimum absolute atomic E-state index is 0.0774. The SMILES string of the molecule is COc1ncccc1C(=O)N1C[C@H]2CN(C(=O)c3ccco3)C[C@@]2(CN(C)C)C1. The van der Waals surface area contributed by atoms with Crippen LogP contribution >= 0.6 is 0 Å². The number of amides is 2. The first-order chi connectivity index (χ1) is 13.9. The average Bonchev–Trinajstić information content (AvgIpc) is 3.41. The number of hydrogen-bond acceptors (Lipinski definition) is 6. The van der Waals surface area contributed by atoms with Crippen LogP contribution < -0.4 is 4.74 Å². The number of carbonyl (C=O) groups excluding carboxylic acids is 2. The molecule has 0 bridgehead atoms. The highest BCUT2D eigenvalue weighted by Gasteiger charge is 2.55. The Kier molecular flexibility index (Phi) is 5.04. The number of ether oxygens (including phenoxy) is 1. The maximum Gasteiger partial charge on any atom is 0.289 e. The molecule has 0 radical (unpaired) electrons. The van der Waals surface area contributed by atoms with Gasteiger partial charge in [0.1, 0.15) is 5.56 Å². The molecule has 2 aromatic heterocycles. The summed E-state index contributed by atoms with van der Waals surface area (Å²) in [6.45, 7) is 3.21. The van der Waals surface area contributed by atoms with Crippen LogP contribution in [0.25, 0.3) is 0 Å². The molecule has 0 spiro atoms. The molecule has 2 aliphatic heterocycles. The Labute approximate surface area is 170 Å². The molecule has 2 aromatic rings. The quantitative estimate of drug-likeness (QED) is 0.759. The Bertz CT molecular complexity index is 898. The molecule has 2 aliphatic rings. The van der Waals surface area contributed by atoms with Gasteiger partial charge in [0.25, 0.3) is 11.8 Å². The van der Waals surface area contributed by atoms with Gasteiger partial charge in [-0.05, 0) is 38.4 Å². The van der Waals surface area contributed by atoms with E-state index in [1.165, 1.54) is 13.4 Å². The number of rotatable bonds is 5. The Morgan fingerprint density at radius 2 is 1.93 bits per heavy atom. The van der Waals surface area contributed by atoms with Gasteiger partial charge in [-0.25, -0.2) is 4.98 Å². The molecule has 2 atom stereocenters. The molecule has 8 nitrogen and oxygen atoms in total. The lowest BCUT2D eigenvalue weighted by Crippen LogP contribution is -2.43. The highest BCUT2D eigenvalue weighted by Crippen LogP contribution is 2.44. The van der Waals surface area contributed by atoms with Crippen molar-refractivity contribution in [3.05, 3.63) is 48.0 Å². The highest BCUT2D eigenvalue weighted by atomic mass is 16.5. The van der Waals surface area contributed by atoms with Crippen LogP contribution in [0.5, 0.6) is 5.88 Å². The van der Waals surface area contributed by atoms with Crippen LogP contribution in [0.4, 0.5) is 0 Å². The van der Waals surface area contributed by atoms with Gasteiger partial charge in [-0.15, -0.1) is 0 Å². The van der Waals surface area contributed by atoms with Crippen molar-refractivity contribution in [1.82, 2.24) is 19.7 Å². The average molecular weight is 398 g/mol. The summed E-state index contributed by atoms with van der Waals surface area (Å²) in [5.41, 5.74) is 0.301. The predicted molar refractivity (Wildman–Crippen MR) is 106 cm³/mol. The van der Waals surface area contributed by atoms with E-state index < -0.39 is 0 Å². The number of aromatic nitrogens is 1. The van der Waals surface area contributed by atoms with E-state index >= 15 is 0 Å². The Morgan fingerprint density at radius 3 is 2.55 bits per heavy atom.